The lowest BCUT2D eigenvalue weighted by Crippen LogP contribution is -2.29. The SMILES string of the molecule is COCc1cc(NC2CCC(C(=O)O)CC2)cc(C(=O)OC)c1. The van der Waals surface area contributed by atoms with Crippen LogP contribution in [0.1, 0.15) is 41.6 Å². The van der Waals surface area contributed by atoms with Crippen molar-refractivity contribution < 1.29 is 24.2 Å². The number of anilines is 1. The minimum absolute atomic E-state index is 0.217. The van der Waals surface area contributed by atoms with Gasteiger partial charge >= 0.3 is 11.9 Å². The topological polar surface area (TPSA) is 84.9 Å². The molecule has 0 unspecified atom stereocenters. The summed E-state index contributed by atoms with van der Waals surface area (Å²) in [6, 6.07) is 5.67. The van der Waals surface area contributed by atoms with Gasteiger partial charge in [-0.1, -0.05) is 0 Å². The molecule has 0 heterocycles. The Bertz CT molecular complexity index is 564. The molecule has 2 rings (SSSR count). The molecule has 23 heavy (non-hydrogen) atoms. The first-order valence-corrected chi connectivity index (χ1v) is 7.74. The first-order valence-electron chi connectivity index (χ1n) is 7.74. The molecule has 1 aliphatic carbocycles. The van der Waals surface area contributed by atoms with E-state index in [-0.39, 0.29) is 17.9 Å². The lowest BCUT2D eigenvalue weighted by molar-refractivity contribution is -0.142. The number of benzene rings is 1. The summed E-state index contributed by atoms with van der Waals surface area (Å²) in [5.74, 6) is -1.34. The van der Waals surface area contributed by atoms with Gasteiger partial charge in [-0.05, 0) is 49.4 Å². The Morgan fingerprint density at radius 2 is 1.87 bits per heavy atom. The largest absolute Gasteiger partial charge is 0.481 e. The molecule has 6 heteroatoms. The summed E-state index contributed by atoms with van der Waals surface area (Å²) < 4.78 is 9.92. The summed E-state index contributed by atoms with van der Waals surface area (Å²) in [5.41, 5.74) is 2.19. The predicted molar refractivity (Wildman–Crippen MR) is 85.5 cm³/mol. The van der Waals surface area contributed by atoms with Crippen molar-refractivity contribution in [2.24, 2.45) is 5.92 Å². The van der Waals surface area contributed by atoms with Crippen LogP contribution in [-0.4, -0.2) is 37.3 Å². The number of hydrogen-bond donors (Lipinski definition) is 2. The van der Waals surface area contributed by atoms with E-state index in [2.05, 4.69) is 5.32 Å². The number of ether oxygens (including phenoxy) is 2. The second-order valence-electron chi connectivity index (χ2n) is 5.87. The summed E-state index contributed by atoms with van der Waals surface area (Å²) >= 11 is 0. The van der Waals surface area contributed by atoms with Crippen LogP contribution in [0.25, 0.3) is 0 Å². The van der Waals surface area contributed by atoms with E-state index in [1.807, 2.05) is 6.07 Å². The van der Waals surface area contributed by atoms with Gasteiger partial charge in [-0.2, -0.15) is 0 Å². The maximum absolute atomic E-state index is 11.8. The van der Waals surface area contributed by atoms with Crippen molar-refractivity contribution in [3.05, 3.63) is 29.3 Å². The maximum Gasteiger partial charge on any atom is 0.337 e. The van der Waals surface area contributed by atoms with E-state index in [9.17, 15) is 9.59 Å². The van der Waals surface area contributed by atoms with Gasteiger partial charge in [0.25, 0.3) is 0 Å². The molecule has 0 spiro atoms. The van der Waals surface area contributed by atoms with Crippen molar-refractivity contribution in [2.75, 3.05) is 19.5 Å². The Labute approximate surface area is 135 Å². The summed E-state index contributed by atoms with van der Waals surface area (Å²) in [6.07, 6.45) is 2.96. The smallest absolute Gasteiger partial charge is 0.337 e. The van der Waals surface area contributed by atoms with Crippen LogP contribution in [0.4, 0.5) is 5.69 Å². The molecule has 0 saturated heterocycles. The lowest BCUT2D eigenvalue weighted by atomic mass is 9.86. The molecule has 0 amide bonds. The van der Waals surface area contributed by atoms with Gasteiger partial charge in [-0.3, -0.25) is 4.79 Å². The zero-order valence-electron chi connectivity index (χ0n) is 13.5. The van der Waals surface area contributed by atoms with E-state index >= 15 is 0 Å². The zero-order chi connectivity index (χ0) is 16.8. The third kappa shape index (κ3) is 4.69. The van der Waals surface area contributed by atoms with Gasteiger partial charge in [0.05, 0.1) is 25.2 Å². The number of rotatable bonds is 6. The van der Waals surface area contributed by atoms with Gasteiger partial charge < -0.3 is 19.9 Å². The van der Waals surface area contributed by atoms with Crippen molar-refractivity contribution >= 4 is 17.6 Å². The van der Waals surface area contributed by atoms with Crippen LogP contribution in [0.5, 0.6) is 0 Å². The first kappa shape index (κ1) is 17.3. The normalized spacial score (nSPS) is 20.8. The number of methoxy groups -OCH3 is 2. The molecule has 1 aromatic rings. The van der Waals surface area contributed by atoms with Crippen LogP contribution in [-0.2, 0) is 20.9 Å². The van der Waals surface area contributed by atoms with Crippen molar-refractivity contribution in [3.8, 4) is 0 Å². The molecule has 0 radical (unpaired) electrons. The second-order valence-corrected chi connectivity index (χ2v) is 5.87. The van der Waals surface area contributed by atoms with Gasteiger partial charge in [-0.25, -0.2) is 4.79 Å². The van der Waals surface area contributed by atoms with Crippen molar-refractivity contribution in [2.45, 2.75) is 38.3 Å². The third-order valence-electron chi connectivity index (χ3n) is 4.17. The summed E-state index contributed by atoms with van der Waals surface area (Å²) in [5, 5.41) is 12.5. The number of carbonyl (C=O) groups excluding carboxylic acids is 1. The number of carboxylic acid groups (broad SMARTS) is 1. The van der Waals surface area contributed by atoms with E-state index in [0.29, 0.717) is 25.0 Å². The average Bonchev–Trinajstić information content (AvgIpc) is 2.54. The second kappa shape index (κ2) is 7.97. The number of aliphatic carboxylic acids is 1. The zero-order valence-corrected chi connectivity index (χ0v) is 13.5. The van der Waals surface area contributed by atoms with Crippen LogP contribution in [0.3, 0.4) is 0 Å². The fourth-order valence-corrected chi connectivity index (χ4v) is 2.98. The van der Waals surface area contributed by atoms with Gasteiger partial charge in [0.1, 0.15) is 0 Å². The van der Waals surface area contributed by atoms with Crippen molar-refractivity contribution in [1.82, 2.24) is 0 Å². The summed E-state index contributed by atoms with van der Waals surface area (Å²) in [7, 11) is 2.96. The Balaban J connectivity index is 2.08. The Kier molecular flexibility index (Phi) is 5.98. The lowest BCUT2D eigenvalue weighted by Gasteiger charge is -2.28. The molecule has 1 fully saturated rings. The molecule has 1 aromatic carbocycles. The number of hydrogen-bond acceptors (Lipinski definition) is 5. The van der Waals surface area contributed by atoms with Gasteiger partial charge in [-0.15, -0.1) is 0 Å². The quantitative estimate of drug-likeness (QED) is 0.784. The fourth-order valence-electron chi connectivity index (χ4n) is 2.98. The van der Waals surface area contributed by atoms with E-state index in [1.165, 1.54) is 7.11 Å². The molecule has 0 aliphatic heterocycles. The standard InChI is InChI=1S/C17H23NO5/c1-22-10-11-7-13(17(21)23-2)9-15(8-11)18-14-5-3-12(4-6-14)16(19)20/h7-9,12,14,18H,3-6,10H2,1-2H3,(H,19,20). The summed E-state index contributed by atoms with van der Waals surface area (Å²) in [6.45, 7) is 0.408. The highest BCUT2D eigenvalue weighted by molar-refractivity contribution is 5.90. The van der Waals surface area contributed by atoms with Crippen LogP contribution in [0, 0.1) is 5.92 Å². The van der Waals surface area contributed by atoms with Gasteiger partial charge in [0.2, 0.25) is 0 Å². The van der Waals surface area contributed by atoms with E-state index in [0.717, 1.165) is 24.1 Å². The highest BCUT2D eigenvalue weighted by Crippen LogP contribution is 2.27. The molecule has 0 bridgehead atoms. The van der Waals surface area contributed by atoms with Gasteiger partial charge in [0, 0.05) is 18.8 Å². The molecular weight excluding hydrogens is 298 g/mol. The molecular formula is C17H23NO5. The maximum atomic E-state index is 11.8. The van der Waals surface area contributed by atoms with Crippen LogP contribution in [0.2, 0.25) is 0 Å². The number of esters is 1. The summed E-state index contributed by atoms with van der Waals surface area (Å²) in [4.78, 5) is 22.8. The number of nitrogens with one attached hydrogen (secondary N) is 1. The predicted octanol–water partition coefficient (Wildman–Crippen LogP) is 2.67. The fraction of sp³-hybridized carbons (Fsp3) is 0.529. The molecule has 0 aromatic heterocycles. The Hall–Kier alpha value is -2.08. The minimum Gasteiger partial charge on any atom is -0.481 e. The van der Waals surface area contributed by atoms with Crippen molar-refractivity contribution in [3.63, 3.8) is 0 Å². The van der Waals surface area contributed by atoms with E-state index in [1.54, 1.807) is 19.2 Å². The minimum atomic E-state index is -0.710. The van der Waals surface area contributed by atoms with Crippen molar-refractivity contribution in [1.29, 1.82) is 0 Å². The number of carbonyl (C=O) groups is 2. The van der Waals surface area contributed by atoms with Crippen LogP contribution < -0.4 is 5.32 Å². The third-order valence-corrected chi connectivity index (χ3v) is 4.17. The highest BCUT2D eigenvalue weighted by atomic mass is 16.5. The Morgan fingerprint density at radius 1 is 1.17 bits per heavy atom. The molecule has 2 N–H and O–H groups in total. The molecule has 0 atom stereocenters. The Morgan fingerprint density at radius 3 is 2.43 bits per heavy atom. The molecule has 126 valence electrons. The van der Waals surface area contributed by atoms with E-state index in [4.69, 9.17) is 14.6 Å². The monoisotopic (exact) mass is 321 g/mol. The van der Waals surface area contributed by atoms with Crippen LogP contribution >= 0.6 is 0 Å². The highest BCUT2D eigenvalue weighted by Gasteiger charge is 2.26. The molecule has 1 aliphatic rings. The van der Waals surface area contributed by atoms with Crippen LogP contribution in [0.15, 0.2) is 18.2 Å². The van der Waals surface area contributed by atoms with Gasteiger partial charge in [0.15, 0.2) is 0 Å². The average molecular weight is 321 g/mol. The molecule has 6 nitrogen and oxygen atoms in total. The van der Waals surface area contributed by atoms with E-state index < -0.39 is 5.97 Å². The molecule has 1 saturated carbocycles. The first-order chi connectivity index (χ1) is 11.0. The number of carboxylic acids is 1.